The van der Waals surface area contributed by atoms with Crippen molar-refractivity contribution in [3.8, 4) is 0 Å². The van der Waals surface area contributed by atoms with Crippen LogP contribution in [0.4, 0.5) is 6.01 Å². The first-order valence-corrected chi connectivity index (χ1v) is 5.49. The molecule has 0 atom stereocenters. The summed E-state index contributed by atoms with van der Waals surface area (Å²) in [6.45, 7) is 5.00. The molecular weight excluding hydrogens is 192 g/mol. The van der Waals surface area contributed by atoms with Gasteiger partial charge in [-0.05, 0) is 39.3 Å². The molecule has 1 aliphatic rings. The quantitative estimate of drug-likeness (QED) is 0.800. The molecule has 1 fully saturated rings. The van der Waals surface area contributed by atoms with Gasteiger partial charge >= 0.3 is 6.01 Å². The molecule has 0 saturated carbocycles. The van der Waals surface area contributed by atoms with Gasteiger partial charge in [-0.25, -0.2) is 0 Å². The van der Waals surface area contributed by atoms with E-state index in [1.165, 1.54) is 12.8 Å². The molecule has 1 saturated heterocycles. The summed E-state index contributed by atoms with van der Waals surface area (Å²) in [5, 5.41) is 7.03. The minimum atomic E-state index is 0.676. The SMILES string of the molecule is CNCC1CCN(c2nc(C)no2)CC1. The fourth-order valence-corrected chi connectivity index (χ4v) is 2.03. The number of aryl methyl sites for hydroxylation is 1. The minimum absolute atomic E-state index is 0.676. The Bertz CT molecular complexity index is 304. The van der Waals surface area contributed by atoms with E-state index in [1.807, 2.05) is 14.0 Å². The van der Waals surface area contributed by atoms with Crippen LogP contribution in [-0.4, -0.2) is 36.8 Å². The van der Waals surface area contributed by atoms with Gasteiger partial charge in [-0.2, -0.15) is 4.98 Å². The fourth-order valence-electron chi connectivity index (χ4n) is 2.03. The van der Waals surface area contributed by atoms with Crippen LogP contribution in [0.25, 0.3) is 0 Å². The summed E-state index contributed by atoms with van der Waals surface area (Å²) in [4.78, 5) is 6.41. The van der Waals surface area contributed by atoms with E-state index in [9.17, 15) is 0 Å². The molecule has 0 aromatic carbocycles. The number of rotatable bonds is 3. The number of hydrogen-bond donors (Lipinski definition) is 1. The number of hydrogen-bond acceptors (Lipinski definition) is 5. The lowest BCUT2D eigenvalue weighted by Gasteiger charge is -2.30. The number of aromatic nitrogens is 2. The molecular formula is C10H18N4O. The third-order valence-electron chi connectivity index (χ3n) is 2.89. The molecule has 1 aliphatic heterocycles. The molecule has 1 N–H and O–H groups in total. The van der Waals surface area contributed by atoms with Gasteiger partial charge in [-0.3, -0.25) is 0 Å². The molecule has 0 spiro atoms. The van der Waals surface area contributed by atoms with E-state index in [0.29, 0.717) is 11.8 Å². The maximum atomic E-state index is 5.15. The Morgan fingerprint density at radius 2 is 2.20 bits per heavy atom. The van der Waals surface area contributed by atoms with Crippen LogP contribution in [0.2, 0.25) is 0 Å². The zero-order valence-electron chi connectivity index (χ0n) is 9.36. The zero-order chi connectivity index (χ0) is 10.7. The summed E-state index contributed by atoms with van der Waals surface area (Å²) < 4.78 is 5.15. The number of nitrogens with one attached hydrogen (secondary N) is 1. The minimum Gasteiger partial charge on any atom is -0.324 e. The standard InChI is InChI=1S/C10H18N4O/c1-8-12-10(15-13-8)14-5-3-9(4-6-14)7-11-2/h9,11H,3-7H2,1-2H3. The second kappa shape index (κ2) is 4.61. The van der Waals surface area contributed by atoms with Gasteiger partial charge < -0.3 is 14.7 Å². The van der Waals surface area contributed by atoms with E-state index < -0.39 is 0 Å². The summed E-state index contributed by atoms with van der Waals surface area (Å²) in [6, 6.07) is 0.676. The molecule has 5 nitrogen and oxygen atoms in total. The fraction of sp³-hybridized carbons (Fsp3) is 0.800. The molecule has 2 rings (SSSR count). The highest BCUT2D eigenvalue weighted by atomic mass is 16.5. The number of anilines is 1. The molecule has 0 aliphatic carbocycles. The van der Waals surface area contributed by atoms with Crippen LogP contribution in [0, 0.1) is 12.8 Å². The molecule has 1 aromatic heterocycles. The monoisotopic (exact) mass is 210 g/mol. The Labute approximate surface area is 89.8 Å². The normalized spacial score (nSPS) is 18.4. The largest absolute Gasteiger partial charge is 0.324 e. The molecule has 5 heteroatoms. The smallest absolute Gasteiger partial charge is 0.324 e. The maximum absolute atomic E-state index is 5.15. The Morgan fingerprint density at radius 1 is 1.47 bits per heavy atom. The van der Waals surface area contributed by atoms with Crippen molar-refractivity contribution in [1.29, 1.82) is 0 Å². The molecule has 15 heavy (non-hydrogen) atoms. The highest BCUT2D eigenvalue weighted by molar-refractivity contribution is 5.25. The summed E-state index contributed by atoms with van der Waals surface area (Å²) in [7, 11) is 2.01. The Kier molecular flexibility index (Phi) is 3.20. The number of piperidine rings is 1. The third-order valence-corrected chi connectivity index (χ3v) is 2.89. The van der Waals surface area contributed by atoms with E-state index in [4.69, 9.17) is 4.52 Å². The van der Waals surface area contributed by atoms with Crippen LogP contribution in [0.1, 0.15) is 18.7 Å². The van der Waals surface area contributed by atoms with Crippen LogP contribution in [0.3, 0.4) is 0 Å². The van der Waals surface area contributed by atoms with Crippen molar-refractivity contribution < 1.29 is 4.52 Å². The van der Waals surface area contributed by atoms with Crippen molar-refractivity contribution in [1.82, 2.24) is 15.5 Å². The lowest BCUT2D eigenvalue weighted by Crippen LogP contribution is -2.36. The third kappa shape index (κ3) is 2.47. The summed E-state index contributed by atoms with van der Waals surface area (Å²) in [6.07, 6.45) is 2.39. The topological polar surface area (TPSA) is 54.2 Å². The number of nitrogens with zero attached hydrogens (tertiary/aromatic N) is 3. The average molecular weight is 210 g/mol. The van der Waals surface area contributed by atoms with Gasteiger partial charge in [0, 0.05) is 13.1 Å². The van der Waals surface area contributed by atoms with Crippen LogP contribution in [0.5, 0.6) is 0 Å². The second-order valence-corrected chi connectivity index (χ2v) is 4.11. The summed E-state index contributed by atoms with van der Waals surface area (Å²) >= 11 is 0. The first-order valence-electron chi connectivity index (χ1n) is 5.49. The first-order chi connectivity index (χ1) is 7.29. The zero-order valence-corrected chi connectivity index (χ0v) is 9.36. The predicted molar refractivity (Wildman–Crippen MR) is 57.9 cm³/mol. The molecule has 0 radical (unpaired) electrons. The van der Waals surface area contributed by atoms with Gasteiger partial charge in [0.15, 0.2) is 5.82 Å². The van der Waals surface area contributed by atoms with Crippen molar-refractivity contribution in [3.63, 3.8) is 0 Å². The van der Waals surface area contributed by atoms with Crippen LogP contribution < -0.4 is 10.2 Å². The molecule has 0 bridgehead atoms. The van der Waals surface area contributed by atoms with Crippen molar-refractivity contribution >= 4 is 6.01 Å². The summed E-state index contributed by atoms with van der Waals surface area (Å²) in [5.41, 5.74) is 0. The van der Waals surface area contributed by atoms with Gasteiger partial charge in [0.2, 0.25) is 0 Å². The maximum Gasteiger partial charge on any atom is 0.324 e. The van der Waals surface area contributed by atoms with Gasteiger partial charge in [-0.15, -0.1) is 0 Å². The van der Waals surface area contributed by atoms with E-state index in [2.05, 4.69) is 20.4 Å². The van der Waals surface area contributed by atoms with E-state index in [1.54, 1.807) is 0 Å². The van der Waals surface area contributed by atoms with Gasteiger partial charge in [0.1, 0.15) is 0 Å². The van der Waals surface area contributed by atoms with Gasteiger partial charge in [0.05, 0.1) is 0 Å². The molecule has 84 valence electrons. The van der Waals surface area contributed by atoms with Crippen molar-refractivity contribution in [2.75, 3.05) is 31.6 Å². The predicted octanol–water partition coefficient (Wildman–Crippen LogP) is 0.814. The first kappa shape index (κ1) is 10.4. The van der Waals surface area contributed by atoms with Gasteiger partial charge in [0.25, 0.3) is 0 Å². The van der Waals surface area contributed by atoms with Crippen LogP contribution in [0.15, 0.2) is 4.52 Å². The van der Waals surface area contributed by atoms with Crippen molar-refractivity contribution in [2.45, 2.75) is 19.8 Å². The van der Waals surface area contributed by atoms with E-state index in [-0.39, 0.29) is 0 Å². The van der Waals surface area contributed by atoms with E-state index in [0.717, 1.165) is 25.6 Å². The van der Waals surface area contributed by atoms with Crippen molar-refractivity contribution in [3.05, 3.63) is 5.82 Å². The van der Waals surface area contributed by atoms with Crippen molar-refractivity contribution in [2.24, 2.45) is 5.92 Å². The Morgan fingerprint density at radius 3 is 2.73 bits per heavy atom. The second-order valence-electron chi connectivity index (χ2n) is 4.11. The average Bonchev–Trinajstić information content (AvgIpc) is 2.67. The van der Waals surface area contributed by atoms with Crippen LogP contribution in [-0.2, 0) is 0 Å². The highest BCUT2D eigenvalue weighted by Gasteiger charge is 2.21. The molecule has 2 heterocycles. The Balaban J connectivity index is 1.88. The molecule has 0 amide bonds. The Hall–Kier alpha value is -1.10. The lowest BCUT2D eigenvalue weighted by atomic mass is 9.97. The van der Waals surface area contributed by atoms with Gasteiger partial charge in [-0.1, -0.05) is 5.16 Å². The molecule has 1 aromatic rings. The lowest BCUT2D eigenvalue weighted by molar-refractivity contribution is 0.356. The van der Waals surface area contributed by atoms with E-state index >= 15 is 0 Å². The summed E-state index contributed by atoms with van der Waals surface area (Å²) in [5.74, 6) is 1.50. The molecule has 0 unspecified atom stereocenters. The van der Waals surface area contributed by atoms with Crippen LogP contribution >= 0.6 is 0 Å². The highest BCUT2D eigenvalue weighted by Crippen LogP contribution is 2.21.